The Labute approximate surface area is 83.2 Å². The molecule has 0 spiro atoms. The van der Waals surface area contributed by atoms with Gasteiger partial charge in [-0.25, -0.2) is 0 Å². The molecule has 0 saturated carbocycles. The zero-order chi connectivity index (χ0) is 8.97. The van der Waals surface area contributed by atoms with Gasteiger partial charge in [0, 0.05) is 18.3 Å². The Morgan fingerprint density at radius 2 is 2.31 bits per heavy atom. The molecule has 0 bridgehead atoms. The Morgan fingerprint density at radius 3 is 2.77 bits per heavy atom. The average Bonchev–Trinajstić information content (AvgIpc) is 2.06. The predicted octanol–water partition coefficient (Wildman–Crippen LogP) is 0.149. The van der Waals surface area contributed by atoms with Gasteiger partial charge in [0.1, 0.15) is 6.04 Å². The zero-order valence-corrected chi connectivity index (χ0v) is 7.97. The smallest absolute Gasteiger partial charge is 0.320 e. The molecule has 13 heavy (non-hydrogen) atoms. The van der Waals surface area contributed by atoms with Crippen LogP contribution < -0.4 is 5.73 Å². The highest BCUT2D eigenvalue weighted by atomic mass is 32.1. The third-order valence-corrected chi connectivity index (χ3v) is 1.47. The number of aliphatic carboxylic acids is 1. The predicted molar refractivity (Wildman–Crippen MR) is 53.9 cm³/mol. The van der Waals surface area contributed by atoms with Crippen molar-refractivity contribution in [2.24, 2.45) is 5.73 Å². The number of pyridine rings is 1. The van der Waals surface area contributed by atoms with Crippen molar-refractivity contribution in [3.05, 3.63) is 30.1 Å². The van der Waals surface area contributed by atoms with E-state index in [4.69, 9.17) is 10.8 Å². The van der Waals surface area contributed by atoms with Crippen LogP contribution in [-0.4, -0.2) is 22.1 Å². The standard InChI is InChI=1S/C8H10N2O2.H2S/c9-7(8(11)12)5-6-3-1-2-4-10-6;/h1-4,7H,5,9H2,(H,11,12);1H2/t7-;/m0./s1. The lowest BCUT2D eigenvalue weighted by Gasteiger charge is -2.03. The third kappa shape index (κ3) is 3.91. The normalized spacial score (nSPS) is 11.5. The average molecular weight is 200 g/mol. The Kier molecular flexibility index (Phi) is 5.10. The lowest BCUT2D eigenvalue weighted by molar-refractivity contribution is -0.138. The Morgan fingerprint density at radius 1 is 1.62 bits per heavy atom. The molecule has 0 unspecified atom stereocenters. The van der Waals surface area contributed by atoms with E-state index in [-0.39, 0.29) is 19.9 Å². The van der Waals surface area contributed by atoms with Gasteiger partial charge in [-0.15, -0.1) is 0 Å². The first-order chi connectivity index (χ1) is 5.70. The van der Waals surface area contributed by atoms with Crippen molar-refractivity contribution < 1.29 is 9.90 Å². The SMILES string of the molecule is N[C@@H](Cc1ccccn1)C(=O)O.S. The van der Waals surface area contributed by atoms with Gasteiger partial charge in [0.15, 0.2) is 0 Å². The Hall–Kier alpha value is -1.07. The topological polar surface area (TPSA) is 76.2 Å². The fourth-order valence-electron chi connectivity index (χ4n) is 0.831. The molecule has 0 aliphatic rings. The van der Waals surface area contributed by atoms with Crippen LogP contribution in [0, 0.1) is 0 Å². The number of carbonyl (C=O) groups is 1. The molecule has 1 rings (SSSR count). The molecule has 0 aliphatic heterocycles. The van der Waals surface area contributed by atoms with E-state index in [0.717, 1.165) is 0 Å². The molecule has 1 atom stereocenters. The first-order valence-electron chi connectivity index (χ1n) is 3.58. The second kappa shape index (κ2) is 5.55. The molecule has 1 aromatic heterocycles. The molecule has 72 valence electrons. The van der Waals surface area contributed by atoms with E-state index < -0.39 is 12.0 Å². The first kappa shape index (κ1) is 11.9. The first-order valence-corrected chi connectivity index (χ1v) is 3.58. The van der Waals surface area contributed by atoms with E-state index >= 15 is 0 Å². The summed E-state index contributed by atoms with van der Waals surface area (Å²) >= 11 is 0. The monoisotopic (exact) mass is 200 g/mol. The minimum atomic E-state index is -0.999. The van der Waals surface area contributed by atoms with Crippen LogP contribution in [0.3, 0.4) is 0 Å². The molecule has 1 heterocycles. The molecule has 0 radical (unpaired) electrons. The highest BCUT2D eigenvalue weighted by Crippen LogP contribution is 1.97. The second-order valence-electron chi connectivity index (χ2n) is 2.47. The quantitative estimate of drug-likeness (QED) is 0.728. The van der Waals surface area contributed by atoms with Crippen LogP contribution in [0.25, 0.3) is 0 Å². The van der Waals surface area contributed by atoms with Gasteiger partial charge in [0.25, 0.3) is 0 Å². The van der Waals surface area contributed by atoms with E-state index in [1.54, 1.807) is 24.4 Å². The maximum Gasteiger partial charge on any atom is 0.320 e. The molecule has 3 N–H and O–H groups in total. The number of rotatable bonds is 3. The summed E-state index contributed by atoms with van der Waals surface area (Å²) in [6.07, 6.45) is 1.89. The summed E-state index contributed by atoms with van der Waals surface area (Å²) < 4.78 is 0. The third-order valence-electron chi connectivity index (χ3n) is 1.47. The van der Waals surface area contributed by atoms with Crippen molar-refractivity contribution in [3.8, 4) is 0 Å². The van der Waals surface area contributed by atoms with Gasteiger partial charge in [-0.3, -0.25) is 9.78 Å². The number of nitrogens with two attached hydrogens (primary N) is 1. The maximum absolute atomic E-state index is 10.4. The summed E-state index contributed by atoms with van der Waals surface area (Å²) in [6.45, 7) is 0. The highest BCUT2D eigenvalue weighted by molar-refractivity contribution is 7.59. The van der Waals surface area contributed by atoms with Crippen molar-refractivity contribution in [2.45, 2.75) is 12.5 Å². The number of aromatic nitrogens is 1. The Bertz CT molecular complexity index is 266. The number of carboxylic acid groups (broad SMARTS) is 1. The van der Waals surface area contributed by atoms with Crippen LogP contribution in [0.1, 0.15) is 5.69 Å². The highest BCUT2D eigenvalue weighted by Gasteiger charge is 2.11. The van der Waals surface area contributed by atoms with Gasteiger partial charge in [-0.1, -0.05) is 6.07 Å². The molecular formula is C8H12N2O2S. The van der Waals surface area contributed by atoms with Gasteiger partial charge < -0.3 is 10.8 Å². The van der Waals surface area contributed by atoms with Gasteiger partial charge >= 0.3 is 5.97 Å². The minimum absolute atomic E-state index is 0. The van der Waals surface area contributed by atoms with Crippen molar-refractivity contribution in [1.29, 1.82) is 0 Å². The number of carboxylic acids is 1. The molecule has 0 fully saturated rings. The zero-order valence-electron chi connectivity index (χ0n) is 6.97. The van der Waals surface area contributed by atoms with Gasteiger partial charge in [-0.2, -0.15) is 13.5 Å². The van der Waals surface area contributed by atoms with Gasteiger partial charge in [0.05, 0.1) is 0 Å². The molecule has 1 aromatic rings. The van der Waals surface area contributed by atoms with E-state index in [1.165, 1.54) is 0 Å². The van der Waals surface area contributed by atoms with E-state index in [0.29, 0.717) is 5.69 Å². The van der Waals surface area contributed by atoms with Crippen LogP contribution in [0.2, 0.25) is 0 Å². The number of nitrogens with zero attached hydrogens (tertiary/aromatic N) is 1. The lowest BCUT2D eigenvalue weighted by Crippen LogP contribution is -2.32. The van der Waals surface area contributed by atoms with Crippen LogP contribution >= 0.6 is 13.5 Å². The minimum Gasteiger partial charge on any atom is -0.480 e. The van der Waals surface area contributed by atoms with Crippen LogP contribution in [0.4, 0.5) is 0 Å². The van der Waals surface area contributed by atoms with Crippen molar-refractivity contribution in [1.82, 2.24) is 4.98 Å². The molecule has 5 heteroatoms. The largest absolute Gasteiger partial charge is 0.480 e. The van der Waals surface area contributed by atoms with Crippen LogP contribution in [0.5, 0.6) is 0 Å². The lowest BCUT2D eigenvalue weighted by atomic mass is 10.1. The summed E-state index contributed by atoms with van der Waals surface area (Å²) in [6, 6.07) is 4.47. The summed E-state index contributed by atoms with van der Waals surface area (Å²) in [7, 11) is 0. The fourth-order valence-corrected chi connectivity index (χ4v) is 0.831. The summed E-state index contributed by atoms with van der Waals surface area (Å²) in [5, 5.41) is 8.49. The summed E-state index contributed by atoms with van der Waals surface area (Å²) in [5.74, 6) is -0.999. The van der Waals surface area contributed by atoms with E-state index in [1.807, 2.05) is 0 Å². The van der Waals surface area contributed by atoms with E-state index in [2.05, 4.69) is 4.98 Å². The Balaban J connectivity index is 0.00000144. The molecule has 0 aliphatic carbocycles. The van der Waals surface area contributed by atoms with Crippen molar-refractivity contribution in [3.63, 3.8) is 0 Å². The molecule has 0 amide bonds. The van der Waals surface area contributed by atoms with Gasteiger partial charge in [0.2, 0.25) is 0 Å². The van der Waals surface area contributed by atoms with E-state index in [9.17, 15) is 4.79 Å². The number of hydrogen-bond acceptors (Lipinski definition) is 3. The second-order valence-corrected chi connectivity index (χ2v) is 2.47. The maximum atomic E-state index is 10.4. The summed E-state index contributed by atoms with van der Waals surface area (Å²) in [5.41, 5.74) is 6.01. The summed E-state index contributed by atoms with van der Waals surface area (Å²) in [4.78, 5) is 14.3. The van der Waals surface area contributed by atoms with Crippen LogP contribution in [0.15, 0.2) is 24.4 Å². The number of hydrogen-bond donors (Lipinski definition) is 2. The van der Waals surface area contributed by atoms with Crippen LogP contribution in [-0.2, 0) is 11.2 Å². The molecular weight excluding hydrogens is 188 g/mol. The molecule has 4 nitrogen and oxygen atoms in total. The molecule has 0 aromatic carbocycles. The van der Waals surface area contributed by atoms with Gasteiger partial charge in [-0.05, 0) is 12.1 Å². The van der Waals surface area contributed by atoms with Crippen molar-refractivity contribution >= 4 is 19.5 Å². The van der Waals surface area contributed by atoms with Crippen molar-refractivity contribution in [2.75, 3.05) is 0 Å². The molecule has 0 saturated heterocycles. The fraction of sp³-hybridized carbons (Fsp3) is 0.250.